The molecule has 72 valence electrons. The first-order chi connectivity index (χ1) is 6.69. The minimum atomic E-state index is 0.176. The monoisotopic (exact) mass is 188 g/mol. The summed E-state index contributed by atoms with van der Waals surface area (Å²) in [4.78, 5) is 0. The minimum Gasteiger partial charge on any atom is -0.508 e. The first kappa shape index (κ1) is 10.1. The molecule has 3 nitrogen and oxygen atoms in total. The molecule has 0 aliphatic heterocycles. The van der Waals surface area contributed by atoms with Gasteiger partial charge in [0.25, 0.3) is 0 Å². The molecule has 3 heteroatoms. The number of aromatic hydroxyl groups is 1. The standard InChI is InChI=1S/C11H12N2O/c1-3-13-11-6-9(14)4-5-10(11)8(2)7-12/h4-6,13-14H,2-3H2,1H3. The van der Waals surface area contributed by atoms with Crippen molar-refractivity contribution in [3.63, 3.8) is 0 Å². The molecule has 0 heterocycles. The Hall–Kier alpha value is -1.95. The van der Waals surface area contributed by atoms with Crippen LogP contribution < -0.4 is 5.32 Å². The van der Waals surface area contributed by atoms with Crippen molar-refractivity contribution >= 4 is 11.3 Å². The van der Waals surface area contributed by atoms with Gasteiger partial charge in [-0.1, -0.05) is 6.58 Å². The van der Waals surface area contributed by atoms with E-state index in [0.717, 1.165) is 17.8 Å². The topological polar surface area (TPSA) is 56.0 Å². The molecular formula is C11H12N2O. The summed E-state index contributed by atoms with van der Waals surface area (Å²) in [6.45, 7) is 6.31. The van der Waals surface area contributed by atoms with Crippen molar-refractivity contribution < 1.29 is 5.11 Å². The first-order valence-electron chi connectivity index (χ1n) is 4.35. The number of allylic oxidation sites excluding steroid dienone is 1. The van der Waals surface area contributed by atoms with Gasteiger partial charge < -0.3 is 10.4 Å². The lowest BCUT2D eigenvalue weighted by molar-refractivity contribution is 0.475. The van der Waals surface area contributed by atoms with Crippen LogP contribution in [0.15, 0.2) is 24.8 Å². The Bertz CT molecular complexity index is 391. The van der Waals surface area contributed by atoms with Crippen molar-refractivity contribution in [3.8, 4) is 11.8 Å². The van der Waals surface area contributed by atoms with E-state index in [1.54, 1.807) is 18.2 Å². The van der Waals surface area contributed by atoms with Crippen LogP contribution in [-0.2, 0) is 0 Å². The lowest BCUT2D eigenvalue weighted by Crippen LogP contribution is -1.99. The summed E-state index contributed by atoms with van der Waals surface area (Å²) in [5, 5.41) is 21.0. The molecule has 1 aromatic rings. The van der Waals surface area contributed by atoms with Gasteiger partial charge in [-0.25, -0.2) is 0 Å². The lowest BCUT2D eigenvalue weighted by Gasteiger charge is -2.09. The fourth-order valence-corrected chi connectivity index (χ4v) is 1.19. The number of anilines is 1. The Balaban J connectivity index is 3.16. The zero-order chi connectivity index (χ0) is 10.6. The summed E-state index contributed by atoms with van der Waals surface area (Å²) in [5.41, 5.74) is 1.85. The number of nitrogens with one attached hydrogen (secondary N) is 1. The molecule has 0 saturated carbocycles. The molecule has 0 radical (unpaired) electrons. The van der Waals surface area contributed by atoms with Crippen molar-refractivity contribution in [3.05, 3.63) is 30.3 Å². The van der Waals surface area contributed by atoms with Gasteiger partial charge in [0, 0.05) is 23.9 Å². The maximum absolute atomic E-state index is 9.27. The second-order valence-electron chi connectivity index (χ2n) is 2.85. The molecule has 0 aromatic heterocycles. The molecule has 14 heavy (non-hydrogen) atoms. The highest BCUT2D eigenvalue weighted by atomic mass is 16.3. The molecule has 0 amide bonds. The van der Waals surface area contributed by atoms with Crippen LogP contribution >= 0.6 is 0 Å². The summed E-state index contributed by atoms with van der Waals surface area (Å²) in [7, 11) is 0. The fourth-order valence-electron chi connectivity index (χ4n) is 1.19. The molecule has 0 unspecified atom stereocenters. The van der Waals surface area contributed by atoms with Crippen LogP contribution in [0.1, 0.15) is 12.5 Å². The maximum atomic E-state index is 9.27. The number of hydrogen-bond donors (Lipinski definition) is 2. The van der Waals surface area contributed by atoms with Gasteiger partial charge in [-0.05, 0) is 19.1 Å². The van der Waals surface area contributed by atoms with Crippen LogP contribution in [0.25, 0.3) is 5.57 Å². The molecule has 1 aromatic carbocycles. The molecule has 0 atom stereocenters. The van der Waals surface area contributed by atoms with E-state index < -0.39 is 0 Å². The van der Waals surface area contributed by atoms with Crippen LogP contribution in [0, 0.1) is 11.3 Å². The predicted molar refractivity (Wildman–Crippen MR) is 56.9 cm³/mol. The molecule has 0 fully saturated rings. The Morgan fingerprint density at radius 1 is 1.64 bits per heavy atom. The van der Waals surface area contributed by atoms with Crippen molar-refractivity contribution in [1.29, 1.82) is 5.26 Å². The normalized spacial score (nSPS) is 9.14. The summed E-state index contributed by atoms with van der Waals surface area (Å²) < 4.78 is 0. The zero-order valence-electron chi connectivity index (χ0n) is 8.04. The molecule has 0 aliphatic rings. The summed E-state index contributed by atoms with van der Waals surface area (Å²) in [5.74, 6) is 0.176. The van der Waals surface area contributed by atoms with Crippen molar-refractivity contribution in [2.45, 2.75) is 6.92 Å². The van der Waals surface area contributed by atoms with Gasteiger partial charge in [-0.2, -0.15) is 5.26 Å². The number of hydrogen-bond acceptors (Lipinski definition) is 3. The smallest absolute Gasteiger partial charge is 0.117 e. The second kappa shape index (κ2) is 4.33. The van der Waals surface area contributed by atoms with Gasteiger partial charge in [0.15, 0.2) is 0 Å². The van der Waals surface area contributed by atoms with Gasteiger partial charge in [0.05, 0.1) is 11.6 Å². The number of rotatable bonds is 3. The third-order valence-corrected chi connectivity index (χ3v) is 1.83. The van der Waals surface area contributed by atoms with E-state index in [2.05, 4.69) is 11.9 Å². The molecule has 0 saturated heterocycles. The number of phenols is 1. The van der Waals surface area contributed by atoms with Crippen molar-refractivity contribution in [2.24, 2.45) is 0 Å². The number of nitrogens with zero attached hydrogens (tertiary/aromatic N) is 1. The minimum absolute atomic E-state index is 0.176. The van der Waals surface area contributed by atoms with Crippen LogP contribution in [-0.4, -0.2) is 11.7 Å². The molecule has 0 spiro atoms. The zero-order valence-corrected chi connectivity index (χ0v) is 8.04. The van der Waals surface area contributed by atoms with E-state index in [4.69, 9.17) is 5.26 Å². The third kappa shape index (κ3) is 2.05. The summed E-state index contributed by atoms with van der Waals surface area (Å²) in [6, 6.07) is 6.79. The van der Waals surface area contributed by atoms with E-state index in [0.29, 0.717) is 5.57 Å². The fraction of sp³-hybridized carbons (Fsp3) is 0.182. The van der Waals surface area contributed by atoms with E-state index in [1.165, 1.54) is 0 Å². The largest absolute Gasteiger partial charge is 0.508 e. The van der Waals surface area contributed by atoms with Gasteiger partial charge >= 0.3 is 0 Å². The molecule has 1 rings (SSSR count). The Morgan fingerprint density at radius 3 is 2.93 bits per heavy atom. The van der Waals surface area contributed by atoms with E-state index in [1.807, 2.05) is 13.0 Å². The predicted octanol–water partition coefficient (Wildman–Crippen LogP) is 2.36. The maximum Gasteiger partial charge on any atom is 0.117 e. The summed E-state index contributed by atoms with van der Waals surface area (Å²) in [6.07, 6.45) is 0. The number of phenolic OH excluding ortho intramolecular Hbond substituents is 1. The first-order valence-corrected chi connectivity index (χ1v) is 4.35. The SMILES string of the molecule is C=C(C#N)c1ccc(O)cc1NCC. The van der Waals surface area contributed by atoms with Gasteiger partial charge in [0.1, 0.15) is 5.75 Å². The Morgan fingerprint density at radius 2 is 2.36 bits per heavy atom. The highest BCUT2D eigenvalue weighted by Crippen LogP contribution is 2.26. The number of benzene rings is 1. The van der Waals surface area contributed by atoms with E-state index in [-0.39, 0.29) is 5.75 Å². The lowest BCUT2D eigenvalue weighted by atomic mass is 10.1. The molecule has 0 bridgehead atoms. The molecular weight excluding hydrogens is 176 g/mol. The van der Waals surface area contributed by atoms with Gasteiger partial charge in [0.2, 0.25) is 0 Å². The molecule has 2 N–H and O–H groups in total. The third-order valence-electron chi connectivity index (χ3n) is 1.83. The van der Waals surface area contributed by atoms with Crippen LogP contribution in [0.5, 0.6) is 5.75 Å². The number of nitriles is 1. The van der Waals surface area contributed by atoms with E-state index >= 15 is 0 Å². The van der Waals surface area contributed by atoms with Crippen molar-refractivity contribution in [1.82, 2.24) is 0 Å². The van der Waals surface area contributed by atoms with E-state index in [9.17, 15) is 5.11 Å². The van der Waals surface area contributed by atoms with Gasteiger partial charge in [-0.3, -0.25) is 0 Å². The average molecular weight is 188 g/mol. The van der Waals surface area contributed by atoms with Gasteiger partial charge in [-0.15, -0.1) is 0 Å². The Kier molecular flexibility index (Phi) is 3.14. The highest BCUT2D eigenvalue weighted by Gasteiger charge is 2.05. The van der Waals surface area contributed by atoms with Crippen molar-refractivity contribution in [2.75, 3.05) is 11.9 Å². The second-order valence-corrected chi connectivity index (χ2v) is 2.85. The highest BCUT2D eigenvalue weighted by molar-refractivity contribution is 5.83. The quantitative estimate of drug-likeness (QED) is 0.716. The summed E-state index contributed by atoms with van der Waals surface area (Å²) >= 11 is 0. The Labute approximate surface area is 83.3 Å². The average Bonchev–Trinajstić information content (AvgIpc) is 2.17. The molecule has 0 aliphatic carbocycles. The van der Waals surface area contributed by atoms with Crippen LogP contribution in [0.4, 0.5) is 5.69 Å². The van der Waals surface area contributed by atoms with Crippen LogP contribution in [0.3, 0.4) is 0 Å². The van der Waals surface area contributed by atoms with Crippen LogP contribution in [0.2, 0.25) is 0 Å².